The van der Waals surface area contributed by atoms with Crippen LogP contribution in [0.3, 0.4) is 0 Å². The van der Waals surface area contributed by atoms with E-state index in [0.717, 1.165) is 55.6 Å². The Morgan fingerprint density at radius 1 is 0.794 bits per heavy atom. The lowest BCUT2D eigenvalue weighted by molar-refractivity contribution is 0.596. The van der Waals surface area contributed by atoms with E-state index in [2.05, 4.69) is 89.2 Å². The summed E-state index contributed by atoms with van der Waals surface area (Å²) in [4.78, 5) is 4.80. The monoisotopic (exact) mass is 445 g/mol. The number of furan rings is 2. The molecule has 0 aliphatic heterocycles. The molecule has 0 saturated carbocycles. The quantitative estimate of drug-likeness (QED) is 0.267. The van der Waals surface area contributed by atoms with Crippen LogP contribution in [0.4, 0.5) is 0 Å². The van der Waals surface area contributed by atoms with E-state index in [-0.39, 0.29) is 5.41 Å². The average Bonchev–Trinajstić information content (AvgIpc) is 3.37. The van der Waals surface area contributed by atoms with Crippen LogP contribution in [0.1, 0.15) is 37.5 Å². The van der Waals surface area contributed by atoms with Crippen molar-refractivity contribution in [3.05, 3.63) is 89.8 Å². The molecule has 6 rings (SSSR count). The largest absolute Gasteiger partial charge is 0.463 e. The second kappa shape index (κ2) is 7.33. The zero-order valence-electron chi connectivity index (χ0n) is 20.2. The van der Waals surface area contributed by atoms with Crippen LogP contribution in [0.25, 0.3) is 55.3 Å². The van der Waals surface area contributed by atoms with Crippen LogP contribution < -0.4 is 0 Å². The number of nitrogens with zero attached hydrogens (tertiary/aromatic N) is 1. The summed E-state index contributed by atoms with van der Waals surface area (Å²) in [7, 11) is 0. The van der Waals surface area contributed by atoms with Crippen LogP contribution in [0.2, 0.25) is 0 Å². The summed E-state index contributed by atoms with van der Waals surface area (Å²) in [6.07, 6.45) is 3.69. The Bertz CT molecular complexity index is 1710. The number of rotatable bonds is 2. The fraction of sp³-hybridized carbons (Fsp3) is 0.194. The van der Waals surface area contributed by atoms with Crippen LogP contribution in [-0.2, 0) is 5.41 Å². The molecular weight excluding hydrogens is 418 g/mol. The molecule has 0 N–H and O–H groups in total. The minimum absolute atomic E-state index is 0.000538. The number of pyridine rings is 1. The van der Waals surface area contributed by atoms with E-state index in [1.807, 2.05) is 18.5 Å². The number of benzene rings is 3. The second-order valence-corrected chi connectivity index (χ2v) is 10.2. The number of fused-ring (bicyclic) bond motifs is 3. The third-order valence-corrected chi connectivity index (χ3v) is 6.83. The first-order valence-corrected chi connectivity index (χ1v) is 11.7. The van der Waals surface area contributed by atoms with Gasteiger partial charge in [-0.15, -0.1) is 0 Å². The van der Waals surface area contributed by atoms with Crippen molar-refractivity contribution < 1.29 is 8.83 Å². The van der Waals surface area contributed by atoms with E-state index in [0.29, 0.717) is 0 Å². The molecule has 3 heterocycles. The molecule has 6 aromatic rings. The fourth-order valence-corrected chi connectivity index (χ4v) is 5.04. The molecule has 0 fully saturated rings. The van der Waals surface area contributed by atoms with Crippen molar-refractivity contribution in [2.75, 3.05) is 0 Å². The van der Waals surface area contributed by atoms with E-state index in [1.54, 1.807) is 0 Å². The van der Waals surface area contributed by atoms with E-state index in [1.165, 1.54) is 16.3 Å². The van der Waals surface area contributed by atoms with Gasteiger partial charge in [-0.2, -0.15) is 0 Å². The van der Waals surface area contributed by atoms with Crippen LogP contribution in [0.15, 0.2) is 82.0 Å². The first-order valence-electron chi connectivity index (χ1n) is 11.7. The first kappa shape index (κ1) is 20.7. The summed E-state index contributed by atoms with van der Waals surface area (Å²) in [5.41, 5.74) is 8.10. The van der Waals surface area contributed by atoms with Crippen LogP contribution in [0, 0.1) is 13.8 Å². The van der Waals surface area contributed by atoms with Crippen molar-refractivity contribution in [3.8, 4) is 22.6 Å². The van der Waals surface area contributed by atoms with E-state index in [9.17, 15) is 0 Å². The van der Waals surface area contributed by atoms with Crippen molar-refractivity contribution in [2.24, 2.45) is 0 Å². The summed E-state index contributed by atoms with van der Waals surface area (Å²) in [5.74, 6) is 0.834. The Labute approximate surface area is 199 Å². The molecule has 3 nitrogen and oxygen atoms in total. The zero-order chi connectivity index (χ0) is 23.6. The number of para-hydroxylation sites is 1. The summed E-state index contributed by atoms with van der Waals surface area (Å²) in [6, 6.07) is 21.3. The van der Waals surface area contributed by atoms with Gasteiger partial charge in [0.1, 0.15) is 17.0 Å². The molecule has 0 aliphatic carbocycles. The zero-order valence-corrected chi connectivity index (χ0v) is 20.2. The molecule has 0 amide bonds. The maximum atomic E-state index is 6.60. The first-order chi connectivity index (χ1) is 16.3. The molecule has 0 saturated heterocycles. The Balaban J connectivity index is 1.63. The molecule has 34 heavy (non-hydrogen) atoms. The van der Waals surface area contributed by atoms with Gasteiger partial charge in [0.2, 0.25) is 0 Å². The molecule has 0 radical (unpaired) electrons. The molecule has 3 aromatic carbocycles. The number of hydrogen-bond acceptors (Lipinski definition) is 3. The lowest BCUT2D eigenvalue weighted by Gasteiger charge is -2.22. The van der Waals surface area contributed by atoms with E-state index >= 15 is 0 Å². The Kier molecular flexibility index (Phi) is 4.47. The average molecular weight is 446 g/mol. The summed E-state index contributed by atoms with van der Waals surface area (Å²) >= 11 is 0. The van der Waals surface area contributed by atoms with Gasteiger partial charge in [-0.3, -0.25) is 4.98 Å². The summed E-state index contributed by atoms with van der Waals surface area (Å²) in [5, 5.41) is 4.68. The molecule has 0 aliphatic rings. The van der Waals surface area contributed by atoms with E-state index < -0.39 is 0 Å². The molecule has 168 valence electrons. The number of hydrogen-bond donors (Lipinski definition) is 0. The number of aryl methyl sites for hydroxylation is 2. The standard InChI is InChI=1S/C31H27NO2/c1-18-17-33-29-22(18)11-8-12-25(29)28-19(2)23-13-14-32-27(30(23)34-28)21-15-20-9-6-7-10-24(20)26(16-21)31(3,4)5/h6-17H,1-5H3. The maximum Gasteiger partial charge on any atom is 0.161 e. The van der Waals surface area contributed by atoms with Gasteiger partial charge in [0, 0.05) is 28.1 Å². The minimum Gasteiger partial charge on any atom is -0.463 e. The van der Waals surface area contributed by atoms with Crippen LogP contribution in [-0.4, -0.2) is 4.98 Å². The third-order valence-electron chi connectivity index (χ3n) is 6.83. The predicted octanol–water partition coefficient (Wildman–Crippen LogP) is 8.98. The van der Waals surface area contributed by atoms with Crippen molar-refractivity contribution in [2.45, 2.75) is 40.0 Å². The highest BCUT2D eigenvalue weighted by atomic mass is 16.3. The topological polar surface area (TPSA) is 39.2 Å². The highest BCUT2D eigenvalue weighted by Crippen LogP contribution is 2.42. The Morgan fingerprint density at radius 3 is 2.41 bits per heavy atom. The van der Waals surface area contributed by atoms with Gasteiger partial charge < -0.3 is 8.83 Å². The predicted molar refractivity (Wildman–Crippen MR) is 140 cm³/mol. The number of aromatic nitrogens is 1. The molecule has 0 bridgehead atoms. The lowest BCUT2D eigenvalue weighted by atomic mass is 9.82. The van der Waals surface area contributed by atoms with Gasteiger partial charge in [0.05, 0.1) is 11.8 Å². The van der Waals surface area contributed by atoms with Crippen LogP contribution >= 0.6 is 0 Å². The molecular formula is C31H27NO2. The SMILES string of the molecule is Cc1coc2c(-c3oc4c(-c5cc(C(C)(C)C)c6ccccc6c5)nccc4c3C)cccc12. The van der Waals surface area contributed by atoms with E-state index in [4.69, 9.17) is 13.8 Å². The van der Waals surface area contributed by atoms with Gasteiger partial charge >= 0.3 is 0 Å². The van der Waals surface area contributed by atoms with Crippen molar-refractivity contribution in [1.29, 1.82) is 0 Å². The van der Waals surface area contributed by atoms with Gasteiger partial charge in [0.25, 0.3) is 0 Å². The molecule has 0 atom stereocenters. The van der Waals surface area contributed by atoms with Crippen molar-refractivity contribution in [3.63, 3.8) is 0 Å². The molecule has 3 aromatic heterocycles. The molecule has 0 spiro atoms. The lowest BCUT2D eigenvalue weighted by Crippen LogP contribution is -2.12. The highest BCUT2D eigenvalue weighted by Gasteiger charge is 2.22. The van der Waals surface area contributed by atoms with Crippen molar-refractivity contribution in [1.82, 2.24) is 4.98 Å². The smallest absolute Gasteiger partial charge is 0.161 e. The van der Waals surface area contributed by atoms with Crippen LogP contribution in [0.5, 0.6) is 0 Å². The Morgan fingerprint density at radius 2 is 1.59 bits per heavy atom. The molecule has 3 heteroatoms. The van der Waals surface area contributed by atoms with Gasteiger partial charge in [-0.05, 0) is 65.4 Å². The van der Waals surface area contributed by atoms with Crippen molar-refractivity contribution >= 4 is 32.7 Å². The normalized spacial score (nSPS) is 12.3. The van der Waals surface area contributed by atoms with Gasteiger partial charge in [0.15, 0.2) is 5.58 Å². The maximum absolute atomic E-state index is 6.60. The third kappa shape index (κ3) is 3.07. The Hall–Kier alpha value is -3.85. The highest BCUT2D eigenvalue weighted by molar-refractivity contribution is 6.01. The minimum atomic E-state index is 0.000538. The fourth-order valence-electron chi connectivity index (χ4n) is 5.04. The second-order valence-electron chi connectivity index (χ2n) is 10.2. The van der Waals surface area contributed by atoms with Gasteiger partial charge in [-0.1, -0.05) is 57.2 Å². The molecule has 0 unspecified atom stereocenters. The van der Waals surface area contributed by atoms with Gasteiger partial charge in [-0.25, -0.2) is 0 Å². The summed E-state index contributed by atoms with van der Waals surface area (Å²) in [6.45, 7) is 10.9. The summed E-state index contributed by atoms with van der Waals surface area (Å²) < 4.78 is 12.5.